The Morgan fingerprint density at radius 2 is 1.74 bits per heavy atom. The molecule has 0 spiro atoms. The van der Waals surface area contributed by atoms with Gasteiger partial charge in [0.1, 0.15) is 11.5 Å². The van der Waals surface area contributed by atoms with Crippen molar-refractivity contribution in [1.82, 2.24) is 0 Å². The summed E-state index contributed by atoms with van der Waals surface area (Å²) in [4.78, 5) is 0. The molecule has 0 unspecified atom stereocenters. The molecule has 0 saturated heterocycles. The smallest absolute Gasteiger partial charge is 0.127 e. The summed E-state index contributed by atoms with van der Waals surface area (Å²) in [7, 11) is 0. The average molecular weight is 323 g/mol. The van der Waals surface area contributed by atoms with Gasteiger partial charge < -0.3 is 9.47 Å². The van der Waals surface area contributed by atoms with E-state index in [0.717, 1.165) is 40.6 Å². The van der Waals surface area contributed by atoms with E-state index in [2.05, 4.69) is 41.1 Å². The molecule has 0 aliphatic carbocycles. The van der Waals surface area contributed by atoms with Crippen LogP contribution in [0.25, 0.3) is 10.8 Å². The quantitative estimate of drug-likeness (QED) is 0.566. The van der Waals surface area contributed by atoms with Crippen LogP contribution in [0.3, 0.4) is 0 Å². The maximum absolute atomic E-state index is 5.86. The van der Waals surface area contributed by atoms with Crippen LogP contribution in [0.2, 0.25) is 0 Å². The van der Waals surface area contributed by atoms with Crippen molar-refractivity contribution in [3.63, 3.8) is 0 Å². The fourth-order valence-corrected chi connectivity index (χ4v) is 2.28. The molecule has 2 aromatic carbocycles. The van der Waals surface area contributed by atoms with Crippen molar-refractivity contribution < 1.29 is 9.47 Å². The number of hydrogen-bond acceptors (Lipinski definition) is 2. The van der Waals surface area contributed by atoms with Gasteiger partial charge in [0.05, 0.1) is 13.2 Å². The Morgan fingerprint density at radius 1 is 1.00 bits per heavy atom. The molecule has 0 atom stereocenters. The van der Waals surface area contributed by atoms with Gasteiger partial charge in [0, 0.05) is 16.1 Å². The number of halogens is 1. The van der Waals surface area contributed by atoms with Gasteiger partial charge in [-0.2, -0.15) is 0 Å². The van der Waals surface area contributed by atoms with Crippen LogP contribution in [0.5, 0.6) is 11.5 Å². The first-order chi connectivity index (χ1) is 9.26. The molecule has 0 aliphatic rings. The molecule has 2 aromatic rings. The third-order valence-electron chi connectivity index (χ3n) is 2.93. The van der Waals surface area contributed by atoms with Crippen LogP contribution in [-0.4, -0.2) is 18.5 Å². The maximum atomic E-state index is 5.86. The second-order valence-electron chi connectivity index (χ2n) is 4.43. The van der Waals surface area contributed by atoms with Gasteiger partial charge in [0.15, 0.2) is 0 Å². The summed E-state index contributed by atoms with van der Waals surface area (Å²) in [6, 6.07) is 10.4. The molecule has 0 heterocycles. The molecule has 0 bridgehead atoms. The van der Waals surface area contributed by atoms with Crippen LogP contribution in [0, 0.1) is 6.92 Å². The first-order valence-electron chi connectivity index (χ1n) is 6.61. The van der Waals surface area contributed by atoms with Gasteiger partial charge in [-0.3, -0.25) is 0 Å². The molecule has 2 nitrogen and oxygen atoms in total. The highest BCUT2D eigenvalue weighted by Crippen LogP contribution is 2.34. The summed E-state index contributed by atoms with van der Waals surface area (Å²) >= 11 is 3.42. The lowest BCUT2D eigenvalue weighted by atomic mass is 10.1. The van der Waals surface area contributed by atoms with Crippen molar-refractivity contribution in [3.8, 4) is 11.5 Å². The van der Waals surface area contributed by atoms with Crippen molar-refractivity contribution in [2.45, 2.75) is 20.3 Å². The van der Waals surface area contributed by atoms with Crippen LogP contribution in [0.15, 0.2) is 30.3 Å². The van der Waals surface area contributed by atoms with Crippen LogP contribution in [-0.2, 0) is 0 Å². The van der Waals surface area contributed by atoms with Gasteiger partial charge in [-0.1, -0.05) is 33.6 Å². The summed E-state index contributed by atoms with van der Waals surface area (Å²) in [5.74, 6) is 1.86. The van der Waals surface area contributed by atoms with Gasteiger partial charge >= 0.3 is 0 Å². The van der Waals surface area contributed by atoms with Crippen LogP contribution >= 0.6 is 15.9 Å². The van der Waals surface area contributed by atoms with Crippen molar-refractivity contribution >= 4 is 26.7 Å². The van der Waals surface area contributed by atoms with Gasteiger partial charge in [-0.25, -0.2) is 0 Å². The average Bonchev–Trinajstić information content (AvgIpc) is 2.41. The Balaban J connectivity index is 2.41. The number of rotatable bonds is 6. The normalized spacial score (nSPS) is 10.7. The Kier molecular flexibility index (Phi) is 5.08. The van der Waals surface area contributed by atoms with Crippen LogP contribution in [0.4, 0.5) is 0 Å². The topological polar surface area (TPSA) is 18.5 Å². The van der Waals surface area contributed by atoms with Crippen molar-refractivity contribution in [2.75, 3.05) is 18.5 Å². The van der Waals surface area contributed by atoms with Crippen LogP contribution in [0.1, 0.15) is 18.9 Å². The Morgan fingerprint density at radius 3 is 2.42 bits per heavy atom. The van der Waals surface area contributed by atoms with E-state index in [1.54, 1.807) is 0 Å². The van der Waals surface area contributed by atoms with Gasteiger partial charge in [-0.05, 0) is 38.5 Å². The van der Waals surface area contributed by atoms with E-state index in [9.17, 15) is 0 Å². The molecule has 3 heteroatoms. The van der Waals surface area contributed by atoms with Crippen molar-refractivity contribution in [3.05, 3.63) is 35.9 Å². The molecule has 0 fully saturated rings. The number of benzene rings is 2. The SMILES string of the molecule is CCOc1ccc(OCCCBr)c2cc(C)ccc12. The summed E-state index contributed by atoms with van der Waals surface area (Å²) in [6.07, 6.45) is 1.00. The van der Waals surface area contributed by atoms with E-state index >= 15 is 0 Å². The predicted octanol–water partition coefficient (Wildman–Crippen LogP) is 4.71. The fourth-order valence-electron chi connectivity index (χ4n) is 2.05. The number of hydrogen-bond donors (Lipinski definition) is 0. The molecule has 0 amide bonds. The lowest BCUT2D eigenvalue weighted by Crippen LogP contribution is -1.99. The van der Waals surface area contributed by atoms with Crippen molar-refractivity contribution in [2.24, 2.45) is 0 Å². The number of alkyl halides is 1. The number of ether oxygens (including phenoxy) is 2. The highest BCUT2D eigenvalue weighted by molar-refractivity contribution is 9.09. The molecule has 0 radical (unpaired) electrons. The minimum Gasteiger partial charge on any atom is -0.493 e. The largest absolute Gasteiger partial charge is 0.493 e. The third-order valence-corrected chi connectivity index (χ3v) is 3.49. The Bertz CT molecular complexity index is 552. The first-order valence-corrected chi connectivity index (χ1v) is 7.73. The fraction of sp³-hybridized carbons (Fsp3) is 0.375. The second-order valence-corrected chi connectivity index (χ2v) is 5.23. The van der Waals surface area contributed by atoms with E-state index in [1.807, 2.05) is 19.1 Å². The molecule has 19 heavy (non-hydrogen) atoms. The second kappa shape index (κ2) is 6.80. The van der Waals surface area contributed by atoms with E-state index in [0.29, 0.717) is 6.61 Å². The van der Waals surface area contributed by atoms with E-state index < -0.39 is 0 Å². The minimum absolute atomic E-state index is 0.673. The molecule has 2 rings (SSSR count). The first kappa shape index (κ1) is 14.2. The van der Waals surface area contributed by atoms with Gasteiger partial charge in [0.2, 0.25) is 0 Å². The van der Waals surface area contributed by atoms with Crippen molar-refractivity contribution in [1.29, 1.82) is 0 Å². The highest BCUT2D eigenvalue weighted by atomic mass is 79.9. The monoisotopic (exact) mass is 322 g/mol. The van der Waals surface area contributed by atoms with E-state index in [4.69, 9.17) is 9.47 Å². The van der Waals surface area contributed by atoms with E-state index in [-0.39, 0.29) is 0 Å². The number of aryl methyl sites for hydroxylation is 1. The molecule has 0 saturated carbocycles. The predicted molar refractivity (Wildman–Crippen MR) is 83.8 cm³/mol. The highest BCUT2D eigenvalue weighted by Gasteiger charge is 2.08. The zero-order valence-corrected chi connectivity index (χ0v) is 13.0. The minimum atomic E-state index is 0.673. The van der Waals surface area contributed by atoms with E-state index in [1.165, 1.54) is 5.56 Å². The van der Waals surface area contributed by atoms with Crippen LogP contribution < -0.4 is 9.47 Å². The molecular weight excluding hydrogens is 304 g/mol. The number of fused-ring (bicyclic) bond motifs is 1. The zero-order valence-electron chi connectivity index (χ0n) is 11.4. The maximum Gasteiger partial charge on any atom is 0.127 e. The molecule has 0 aliphatic heterocycles. The lowest BCUT2D eigenvalue weighted by Gasteiger charge is -2.13. The summed E-state index contributed by atoms with van der Waals surface area (Å²) < 4.78 is 11.5. The lowest BCUT2D eigenvalue weighted by molar-refractivity contribution is 0.320. The molecular formula is C16H19BrO2. The van der Waals surface area contributed by atoms with Gasteiger partial charge in [-0.15, -0.1) is 0 Å². The molecule has 0 aromatic heterocycles. The standard InChI is InChI=1S/C16H19BrO2/c1-3-18-15-7-8-16(19-10-4-9-17)14-11-12(2)5-6-13(14)15/h5-8,11H,3-4,9-10H2,1-2H3. The van der Waals surface area contributed by atoms with Gasteiger partial charge in [0.25, 0.3) is 0 Å². The molecule has 0 N–H and O–H groups in total. The molecule has 102 valence electrons. The zero-order chi connectivity index (χ0) is 13.7. The summed E-state index contributed by atoms with van der Waals surface area (Å²) in [5, 5.41) is 3.20. The third kappa shape index (κ3) is 3.41. The Hall–Kier alpha value is -1.22. The Labute approximate surface area is 122 Å². The summed E-state index contributed by atoms with van der Waals surface area (Å²) in [6.45, 7) is 5.49. The summed E-state index contributed by atoms with van der Waals surface area (Å²) in [5.41, 5.74) is 1.23.